The SMILES string of the molecule is COc1ccc(-c2cc(C3CCN(Cc4cnc(N)nc4)C3)ccn2)cc1C. The molecule has 144 valence electrons. The molecule has 28 heavy (non-hydrogen) atoms. The highest BCUT2D eigenvalue weighted by Crippen LogP contribution is 2.31. The molecule has 6 heteroatoms. The minimum absolute atomic E-state index is 0.320. The predicted molar refractivity (Wildman–Crippen MR) is 110 cm³/mol. The van der Waals surface area contributed by atoms with E-state index in [0.29, 0.717) is 11.9 Å². The minimum atomic E-state index is 0.320. The summed E-state index contributed by atoms with van der Waals surface area (Å²) in [5.41, 5.74) is 11.3. The molecular weight excluding hydrogens is 350 g/mol. The Morgan fingerprint density at radius 1 is 1.14 bits per heavy atom. The highest BCUT2D eigenvalue weighted by Gasteiger charge is 2.24. The summed E-state index contributed by atoms with van der Waals surface area (Å²) in [5, 5.41) is 0. The molecule has 1 aliphatic heterocycles. The van der Waals surface area contributed by atoms with Gasteiger partial charge in [-0.05, 0) is 67.3 Å². The summed E-state index contributed by atoms with van der Waals surface area (Å²) in [6.07, 6.45) is 6.68. The number of pyridine rings is 1. The molecule has 1 atom stereocenters. The fraction of sp³-hybridized carbons (Fsp3) is 0.318. The van der Waals surface area contributed by atoms with Crippen molar-refractivity contribution in [3.8, 4) is 17.0 Å². The second-order valence-corrected chi connectivity index (χ2v) is 7.33. The highest BCUT2D eigenvalue weighted by molar-refractivity contribution is 5.62. The fourth-order valence-corrected chi connectivity index (χ4v) is 3.85. The van der Waals surface area contributed by atoms with Crippen molar-refractivity contribution in [3.05, 3.63) is 65.6 Å². The van der Waals surface area contributed by atoms with E-state index in [1.807, 2.05) is 24.7 Å². The van der Waals surface area contributed by atoms with Crippen LogP contribution in [0.4, 0.5) is 5.95 Å². The molecule has 0 amide bonds. The number of rotatable bonds is 5. The molecule has 3 aromatic rings. The molecule has 1 aliphatic rings. The third-order valence-corrected chi connectivity index (χ3v) is 5.35. The van der Waals surface area contributed by atoms with Crippen LogP contribution in [0.2, 0.25) is 0 Å². The number of aromatic nitrogens is 3. The topological polar surface area (TPSA) is 77.2 Å². The summed E-state index contributed by atoms with van der Waals surface area (Å²) >= 11 is 0. The Labute approximate surface area is 165 Å². The van der Waals surface area contributed by atoms with Crippen LogP contribution in [-0.4, -0.2) is 40.1 Å². The molecule has 4 rings (SSSR count). The predicted octanol–water partition coefficient (Wildman–Crippen LogP) is 3.43. The van der Waals surface area contributed by atoms with E-state index in [4.69, 9.17) is 10.5 Å². The Bertz CT molecular complexity index is 957. The molecule has 3 heterocycles. The molecule has 1 unspecified atom stereocenters. The smallest absolute Gasteiger partial charge is 0.219 e. The van der Waals surface area contributed by atoms with E-state index in [9.17, 15) is 0 Å². The minimum Gasteiger partial charge on any atom is -0.496 e. The van der Waals surface area contributed by atoms with E-state index in [1.165, 1.54) is 5.56 Å². The lowest BCUT2D eigenvalue weighted by atomic mass is 9.97. The van der Waals surface area contributed by atoms with Crippen molar-refractivity contribution < 1.29 is 4.74 Å². The molecule has 0 bridgehead atoms. The van der Waals surface area contributed by atoms with E-state index in [2.05, 4.69) is 51.0 Å². The van der Waals surface area contributed by atoms with Crippen LogP contribution in [0.3, 0.4) is 0 Å². The second-order valence-electron chi connectivity index (χ2n) is 7.33. The third kappa shape index (κ3) is 3.97. The number of hydrogen-bond acceptors (Lipinski definition) is 6. The zero-order valence-electron chi connectivity index (χ0n) is 16.3. The molecule has 2 N–H and O–H groups in total. The van der Waals surface area contributed by atoms with Gasteiger partial charge in [0.2, 0.25) is 5.95 Å². The lowest BCUT2D eigenvalue weighted by Crippen LogP contribution is -2.20. The van der Waals surface area contributed by atoms with Gasteiger partial charge in [-0.25, -0.2) is 9.97 Å². The highest BCUT2D eigenvalue weighted by atomic mass is 16.5. The molecule has 6 nitrogen and oxygen atoms in total. The maximum Gasteiger partial charge on any atom is 0.219 e. The van der Waals surface area contributed by atoms with Crippen molar-refractivity contribution >= 4 is 5.95 Å². The number of nitrogen functional groups attached to an aromatic ring is 1. The van der Waals surface area contributed by atoms with E-state index in [-0.39, 0.29) is 0 Å². The van der Waals surface area contributed by atoms with Crippen LogP contribution in [0.1, 0.15) is 29.0 Å². The lowest BCUT2D eigenvalue weighted by molar-refractivity contribution is 0.326. The normalized spacial score (nSPS) is 17.0. The molecule has 2 aromatic heterocycles. The van der Waals surface area contributed by atoms with Gasteiger partial charge in [-0.15, -0.1) is 0 Å². The number of aryl methyl sites for hydroxylation is 1. The number of ether oxygens (including phenoxy) is 1. The fourth-order valence-electron chi connectivity index (χ4n) is 3.85. The molecule has 1 fully saturated rings. The first-order chi connectivity index (χ1) is 13.6. The first-order valence-electron chi connectivity index (χ1n) is 9.52. The van der Waals surface area contributed by atoms with Crippen LogP contribution < -0.4 is 10.5 Å². The molecule has 0 radical (unpaired) electrons. The van der Waals surface area contributed by atoms with E-state index in [0.717, 1.165) is 54.2 Å². The Hall–Kier alpha value is -2.99. The second kappa shape index (κ2) is 7.94. The van der Waals surface area contributed by atoms with Crippen LogP contribution in [0.15, 0.2) is 48.9 Å². The van der Waals surface area contributed by atoms with Crippen molar-refractivity contribution in [1.82, 2.24) is 19.9 Å². The van der Waals surface area contributed by atoms with E-state index < -0.39 is 0 Å². The summed E-state index contributed by atoms with van der Waals surface area (Å²) in [5.74, 6) is 1.73. The van der Waals surface area contributed by atoms with Crippen molar-refractivity contribution in [2.24, 2.45) is 0 Å². The average molecular weight is 375 g/mol. The van der Waals surface area contributed by atoms with Gasteiger partial charge in [-0.1, -0.05) is 0 Å². The summed E-state index contributed by atoms with van der Waals surface area (Å²) < 4.78 is 5.37. The number of hydrogen-bond donors (Lipinski definition) is 1. The van der Waals surface area contributed by atoms with Crippen molar-refractivity contribution in [3.63, 3.8) is 0 Å². The van der Waals surface area contributed by atoms with Crippen LogP contribution in [0, 0.1) is 6.92 Å². The quantitative estimate of drug-likeness (QED) is 0.736. The van der Waals surface area contributed by atoms with Crippen LogP contribution in [-0.2, 0) is 6.54 Å². The van der Waals surface area contributed by atoms with Gasteiger partial charge in [0.05, 0.1) is 12.8 Å². The Balaban J connectivity index is 1.47. The number of likely N-dealkylation sites (tertiary alicyclic amines) is 1. The van der Waals surface area contributed by atoms with Gasteiger partial charge in [0.15, 0.2) is 0 Å². The zero-order valence-corrected chi connectivity index (χ0v) is 16.3. The first-order valence-corrected chi connectivity index (χ1v) is 9.52. The summed E-state index contributed by atoms with van der Waals surface area (Å²) in [4.78, 5) is 15.2. The lowest BCUT2D eigenvalue weighted by Gasteiger charge is -2.16. The van der Waals surface area contributed by atoms with Gasteiger partial charge in [-0.3, -0.25) is 9.88 Å². The third-order valence-electron chi connectivity index (χ3n) is 5.35. The molecule has 0 spiro atoms. The van der Waals surface area contributed by atoms with Crippen molar-refractivity contribution in [1.29, 1.82) is 0 Å². The summed E-state index contributed by atoms with van der Waals surface area (Å²) in [6, 6.07) is 10.6. The largest absolute Gasteiger partial charge is 0.496 e. The van der Waals surface area contributed by atoms with Gasteiger partial charge in [0, 0.05) is 42.8 Å². The average Bonchev–Trinajstić information content (AvgIpc) is 3.18. The van der Waals surface area contributed by atoms with Crippen molar-refractivity contribution in [2.45, 2.75) is 25.8 Å². The number of nitrogens with two attached hydrogens (primary N) is 1. The zero-order chi connectivity index (χ0) is 19.5. The van der Waals surface area contributed by atoms with Crippen LogP contribution >= 0.6 is 0 Å². The van der Waals surface area contributed by atoms with Crippen molar-refractivity contribution in [2.75, 3.05) is 25.9 Å². The summed E-state index contributed by atoms with van der Waals surface area (Å²) in [6.45, 7) is 5.00. The Kier molecular flexibility index (Phi) is 5.21. The maximum atomic E-state index is 5.57. The monoisotopic (exact) mass is 375 g/mol. The number of anilines is 1. The standard InChI is InChI=1S/C22H25N5O/c1-15-9-18(3-4-21(15)28-2)20-10-17(5-7-24-20)19-6-8-27(14-19)13-16-11-25-22(23)26-12-16/h3-5,7,9-12,19H,6,8,13-14H2,1-2H3,(H2,23,25,26). The van der Waals surface area contributed by atoms with Crippen LogP contribution in [0.25, 0.3) is 11.3 Å². The number of benzene rings is 1. The summed E-state index contributed by atoms with van der Waals surface area (Å²) in [7, 11) is 1.70. The van der Waals surface area contributed by atoms with Gasteiger partial charge in [-0.2, -0.15) is 0 Å². The van der Waals surface area contributed by atoms with Crippen LogP contribution in [0.5, 0.6) is 5.75 Å². The van der Waals surface area contributed by atoms with Gasteiger partial charge in [0.25, 0.3) is 0 Å². The molecule has 0 saturated carbocycles. The molecular formula is C22H25N5O. The van der Waals surface area contributed by atoms with E-state index in [1.54, 1.807) is 7.11 Å². The van der Waals surface area contributed by atoms with Gasteiger partial charge < -0.3 is 10.5 Å². The van der Waals surface area contributed by atoms with Gasteiger partial charge in [0.1, 0.15) is 5.75 Å². The Morgan fingerprint density at radius 3 is 2.71 bits per heavy atom. The molecule has 1 aromatic carbocycles. The molecule has 0 aliphatic carbocycles. The first kappa shape index (κ1) is 18.4. The maximum absolute atomic E-state index is 5.57. The number of nitrogens with zero attached hydrogens (tertiary/aromatic N) is 4. The molecule has 1 saturated heterocycles. The van der Waals surface area contributed by atoms with Gasteiger partial charge >= 0.3 is 0 Å². The van der Waals surface area contributed by atoms with E-state index >= 15 is 0 Å². The number of methoxy groups -OCH3 is 1. The Morgan fingerprint density at radius 2 is 1.96 bits per heavy atom.